The van der Waals surface area contributed by atoms with Gasteiger partial charge in [0, 0.05) is 35.6 Å². The monoisotopic (exact) mass is 1240 g/mol. The van der Waals surface area contributed by atoms with Crippen molar-refractivity contribution in [3.8, 4) is 0 Å². The van der Waals surface area contributed by atoms with Crippen molar-refractivity contribution in [1.29, 1.82) is 0 Å². The maximum atomic E-state index is 10.5. The summed E-state index contributed by atoms with van der Waals surface area (Å²) in [7, 11) is 0. The Hall–Kier alpha value is 0.0466. The summed E-state index contributed by atoms with van der Waals surface area (Å²) in [5.41, 5.74) is 27.0. The van der Waals surface area contributed by atoms with Gasteiger partial charge in [-0.25, -0.2) is 9.97 Å². The molecule has 4 aromatic rings. The van der Waals surface area contributed by atoms with Gasteiger partial charge in [0.15, 0.2) is 0 Å². The first-order valence-corrected chi connectivity index (χ1v) is 29.0. The van der Waals surface area contributed by atoms with Gasteiger partial charge in [-0.15, -0.1) is 0 Å². The molecule has 18 heteroatoms. The van der Waals surface area contributed by atoms with Crippen LogP contribution in [0, 0.1) is 0 Å². The van der Waals surface area contributed by atoms with Gasteiger partial charge in [-0.2, -0.15) is 39.4 Å². The third kappa shape index (κ3) is 25.0. The molecule has 0 saturated carbocycles. The molecular weight excluding hydrogens is 1210 g/mol. The van der Waals surface area contributed by atoms with E-state index in [-0.39, 0.29) is 26.2 Å². The molecule has 221 valence electrons. The van der Waals surface area contributed by atoms with Crippen molar-refractivity contribution >= 4 is 86.1 Å². The molecule has 0 aliphatic carbocycles. The van der Waals surface area contributed by atoms with Gasteiger partial charge < -0.3 is 42.8 Å². The summed E-state index contributed by atoms with van der Waals surface area (Å²) in [5, 5.41) is 11.1. The molecule has 0 fully saturated rings. The quantitative estimate of drug-likeness (QED) is 0.200. The number of hydrogen-bond donors (Lipinski definition) is 2. The number of alkyl halides is 3. The fraction of sp³-hybridized carbons (Fsp3) is 0.250. The van der Waals surface area contributed by atoms with Crippen LogP contribution in [0.5, 0.6) is 0 Å². The number of H-pyrrole nitrogens is 2. The van der Waals surface area contributed by atoms with Crippen molar-refractivity contribution in [1.82, 2.24) is 19.9 Å². The van der Waals surface area contributed by atoms with E-state index in [1.807, 2.05) is 48.8 Å². The van der Waals surface area contributed by atoms with Crippen LogP contribution in [0.2, 0.25) is 0 Å². The van der Waals surface area contributed by atoms with Crippen molar-refractivity contribution in [3.63, 3.8) is 0 Å². The zero-order valence-electron chi connectivity index (χ0n) is 19.2. The van der Waals surface area contributed by atoms with Gasteiger partial charge in [0.1, 0.15) is 17.3 Å². The number of fused-ring (bicyclic) bond motifs is 2. The topological polar surface area (TPSA) is 193 Å². The number of carboxylic acid groups (broad SMARTS) is 1. The van der Waals surface area contributed by atoms with Gasteiger partial charge in [-0.1, -0.05) is 0 Å². The molecule has 0 atom stereocenters. The molecule has 0 aliphatic rings. The first kappa shape index (κ1) is 42.5. The molecule has 4 aromatic heterocycles. The van der Waals surface area contributed by atoms with Crippen molar-refractivity contribution in [2.75, 3.05) is 26.2 Å². The molecule has 0 unspecified atom stereocenters. The van der Waals surface area contributed by atoms with Gasteiger partial charge in [-0.3, -0.25) is 0 Å². The summed E-state index contributed by atoms with van der Waals surface area (Å²) >= 11 is 9.53. The van der Waals surface area contributed by atoms with E-state index in [0.29, 0.717) is 11.2 Å². The molecule has 0 spiro atoms. The largest absolute Gasteiger partial charge is 0.679 e. The van der Waals surface area contributed by atoms with Crippen molar-refractivity contribution in [2.24, 2.45) is 0 Å². The second-order valence-corrected chi connectivity index (χ2v) is 22.3. The molecule has 6 N–H and O–H groups in total. The molecule has 0 aliphatic heterocycles. The summed E-state index contributed by atoms with van der Waals surface area (Å²) in [6.07, 6.45) is 2.13. The number of halogens is 6. The average Bonchev–Trinajstić information content (AvgIpc) is 3.60. The van der Waals surface area contributed by atoms with Crippen LogP contribution in [-0.2, 0) is 32.1 Å². The Morgan fingerprint density at radius 1 is 0.842 bits per heavy atom. The standard InChI is InChI=1S/2C7H6N2.C2HF3O2.2C2H6N2.3HI.2Pt/c2*1-2-6-3-5-9-7(6)8-4-1;3-2(4,5)1(6)7;2*3-1-2-4;;;;;/h2*1-5H,(H,8,9);(H,6,7);2*3-4H,1-2H2;3*1H;;/q;;;2*-2;;;;+1;+4/p-4. The first-order valence-electron chi connectivity index (χ1n) is 9.69. The fourth-order valence-electron chi connectivity index (χ4n) is 1.77. The van der Waals surface area contributed by atoms with Gasteiger partial charge in [0.05, 0.1) is 0 Å². The Labute approximate surface area is 269 Å². The maximum Gasteiger partial charge on any atom is 0.137 e. The normalized spacial score (nSPS) is 9.26. The van der Waals surface area contributed by atoms with Gasteiger partial charge in [-0.05, 0) is 36.4 Å². The summed E-state index contributed by atoms with van der Waals surface area (Å²) in [4.78, 5) is 23.0. The van der Waals surface area contributed by atoms with Crippen LogP contribution < -0.4 is 5.11 Å². The van der Waals surface area contributed by atoms with Gasteiger partial charge >= 0.3 is 91.6 Å². The van der Waals surface area contributed by atoms with Crippen LogP contribution in [0.1, 0.15) is 0 Å². The third-order valence-corrected chi connectivity index (χ3v) is 3.13. The molecule has 10 nitrogen and oxygen atoms in total. The molecule has 38 heavy (non-hydrogen) atoms. The number of rotatable bonds is 2. The summed E-state index contributed by atoms with van der Waals surface area (Å²) in [5.74, 6) is -3.01. The van der Waals surface area contributed by atoms with Crippen LogP contribution in [0.25, 0.3) is 45.0 Å². The van der Waals surface area contributed by atoms with E-state index in [0.717, 1.165) is 22.1 Å². The summed E-state index contributed by atoms with van der Waals surface area (Å²) < 4.78 is 31.5. The minimum absolute atomic E-state index is 0.236. The maximum absolute atomic E-state index is 10.5. The number of aromatic nitrogens is 4. The van der Waals surface area contributed by atoms with Crippen LogP contribution in [0.4, 0.5) is 13.2 Å². The number of pyridine rings is 2. The number of carbonyl (C=O) groups is 1. The number of carboxylic acids is 1. The van der Waals surface area contributed by atoms with E-state index in [9.17, 15) is 13.2 Å². The van der Waals surface area contributed by atoms with Crippen molar-refractivity contribution in [2.45, 2.75) is 6.18 Å². The van der Waals surface area contributed by atoms with E-state index in [1.54, 1.807) is 12.4 Å². The number of nitrogens with one attached hydrogen (secondary N) is 6. The predicted molar refractivity (Wildman–Crippen MR) is 162 cm³/mol. The summed E-state index contributed by atoms with van der Waals surface area (Å²) in [6, 6.07) is 11.9. The molecule has 0 amide bonds. The first-order chi connectivity index (χ1) is 18.1. The Kier molecular flexibility index (Phi) is 33.6. The Morgan fingerprint density at radius 3 is 1.34 bits per heavy atom. The van der Waals surface area contributed by atoms with E-state index in [4.69, 9.17) is 32.8 Å². The second-order valence-electron chi connectivity index (χ2n) is 5.67. The zero-order valence-corrected chi connectivity index (χ0v) is 30.2. The molecular formula is C20H24F3I3N8O2Pt2-3. The van der Waals surface area contributed by atoms with Crippen LogP contribution in [0.15, 0.2) is 61.2 Å². The fourth-order valence-corrected chi connectivity index (χ4v) is 1.77. The number of aliphatic carboxylic acids is 1. The zero-order chi connectivity index (χ0) is 29.8. The average molecular weight is 1240 g/mol. The Balaban J connectivity index is -0.000000401. The number of hydrogen-bond acceptors (Lipinski definition) is 4. The number of nitrogens with zero attached hydrogens (tertiary/aromatic N) is 2. The minimum Gasteiger partial charge on any atom is -0.679 e. The third-order valence-electron chi connectivity index (χ3n) is 3.13. The Morgan fingerprint density at radius 2 is 1.13 bits per heavy atom. The van der Waals surface area contributed by atoms with Gasteiger partial charge in [0.2, 0.25) is 0 Å². The van der Waals surface area contributed by atoms with E-state index >= 15 is 0 Å². The Bertz CT molecular complexity index is 928. The van der Waals surface area contributed by atoms with E-state index in [1.165, 1.54) is 0 Å². The molecule has 4 heterocycles. The molecule has 0 saturated heterocycles. The molecule has 4 rings (SSSR count). The molecule has 0 aromatic carbocycles. The molecule has 0 bridgehead atoms. The minimum atomic E-state index is -5.19. The number of carbonyl (C=O) groups excluding carboxylic acids is 1. The van der Waals surface area contributed by atoms with Gasteiger partial charge in [0.25, 0.3) is 0 Å². The van der Waals surface area contributed by atoms with Crippen LogP contribution in [0.3, 0.4) is 0 Å². The summed E-state index contributed by atoms with van der Waals surface area (Å²) in [6.45, 7) is 0.944. The van der Waals surface area contributed by atoms with E-state index in [2.05, 4.69) is 94.1 Å². The second kappa shape index (κ2) is 30.0. The number of aromatic amines is 2. The SMILES string of the molecule is O=C([O-])C(F)(F)F.[I][Pt+2][I].[I][Pt].[NH-]CC[NH-].[NH-]CC[NH-].c1cnc2[nH]ccc2c1.c1cnc2[nH]ccc2c1. The van der Waals surface area contributed by atoms with Crippen LogP contribution >= 0.6 is 58.1 Å². The van der Waals surface area contributed by atoms with Crippen LogP contribution in [-0.4, -0.2) is 58.3 Å². The molecule has 0 radical (unpaired) electrons. The smallest absolute Gasteiger partial charge is 0.137 e. The van der Waals surface area contributed by atoms with Crippen molar-refractivity contribution in [3.05, 3.63) is 84.1 Å². The van der Waals surface area contributed by atoms with Crippen molar-refractivity contribution < 1.29 is 50.4 Å². The van der Waals surface area contributed by atoms with E-state index < -0.39 is 12.1 Å². The predicted octanol–water partition coefficient (Wildman–Crippen LogP) is 7.26.